The molecule has 2 N–H and O–H groups in total. The molecule has 0 bridgehead atoms. The minimum Gasteiger partial charge on any atom is -0.399 e. The lowest BCUT2D eigenvalue weighted by Gasteiger charge is -2.06. The van der Waals surface area contributed by atoms with E-state index >= 15 is 0 Å². The smallest absolute Gasteiger partial charge is 0.0346 e. The van der Waals surface area contributed by atoms with E-state index in [-0.39, 0.29) is 0 Å². The number of nitrogens with two attached hydrogens (primary N) is 1. The van der Waals surface area contributed by atoms with Crippen molar-refractivity contribution in [3.8, 4) is 0 Å². The molecule has 0 aliphatic carbocycles. The predicted molar refractivity (Wildman–Crippen MR) is 111 cm³/mol. The molecule has 0 aliphatic heterocycles. The first-order chi connectivity index (χ1) is 12.3. The summed E-state index contributed by atoms with van der Waals surface area (Å²) < 4.78 is 0. The Morgan fingerprint density at radius 2 is 1.32 bits per heavy atom. The molecule has 0 fully saturated rings. The lowest BCUT2D eigenvalue weighted by atomic mass is 10.0. The van der Waals surface area contributed by atoms with Crippen LogP contribution in [0.4, 0.5) is 0 Å². The van der Waals surface area contributed by atoms with Crippen molar-refractivity contribution in [2.75, 3.05) is 0 Å². The SMILES string of the molecule is CCCCC(=CC=Cc1ccccc1)C(N)=CC=Cc1ccccc1. The Bertz CT molecular complexity index is 734. The number of allylic oxidation sites excluding steroid dienone is 5. The topological polar surface area (TPSA) is 26.0 Å². The molecular formula is C24H27N. The monoisotopic (exact) mass is 329 g/mol. The van der Waals surface area contributed by atoms with Gasteiger partial charge in [0.2, 0.25) is 0 Å². The third kappa shape index (κ3) is 7.09. The van der Waals surface area contributed by atoms with Crippen LogP contribution in [0.5, 0.6) is 0 Å². The molecule has 1 heteroatoms. The van der Waals surface area contributed by atoms with Crippen LogP contribution in [0.15, 0.2) is 96.2 Å². The van der Waals surface area contributed by atoms with Crippen LogP contribution >= 0.6 is 0 Å². The summed E-state index contributed by atoms with van der Waals surface area (Å²) in [6.07, 6.45) is 15.7. The maximum absolute atomic E-state index is 6.31. The van der Waals surface area contributed by atoms with E-state index < -0.39 is 0 Å². The highest BCUT2D eigenvalue weighted by Gasteiger charge is 1.99. The second-order valence-corrected chi connectivity index (χ2v) is 5.96. The van der Waals surface area contributed by atoms with Gasteiger partial charge in [0.1, 0.15) is 0 Å². The van der Waals surface area contributed by atoms with E-state index in [1.807, 2.05) is 48.6 Å². The van der Waals surface area contributed by atoms with Crippen LogP contribution < -0.4 is 5.73 Å². The van der Waals surface area contributed by atoms with Crippen molar-refractivity contribution in [3.05, 3.63) is 107 Å². The standard InChI is InChI=1S/C24H27N/c1-2-3-18-23(19-10-16-21-12-6-4-7-13-21)24(25)20-11-17-22-14-8-5-9-15-22/h4-17,19-20H,2-3,18,25H2,1H3. The molecule has 0 unspecified atom stereocenters. The Balaban J connectivity index is 2.09. The first-order valence-corrected chi connectivity index (χ1v) is 8.91. The van der Waals surface area contributed by atoms with Crippen molar-refractivity contribution in [1.82, 2.24) is 0 Å². The first kappa shape index (κ1) is 18.5. The van der Waals surface area contributed by atoms with Crippen molar-refractivity contribution in [1.29, 1.82) is 0 Å². The molecule has 2 aromatic carbocycles. The molecule has 0 spiro atoms. The molecule has 128 valence electrons. The zero-order valence-electron chi connectivity index (χ0n) is 14.9. The van der Waals surface area contributed by atoms with Gasteiger partial charge in [-0.05, 0) is 35.6 Å². The molecule has 2 rings (SSSR count). The average Bonchev–Trinajstić information content (AvgIpc) is 2.66. The van der Waals surface area contributed by atoms with Gasteiger partial charge in [-0.25, -0.2) is 0 Å². The fourth-order valence-electron chi connectivity index (χ4n) is 2.46. The van der Waals surface area contributed by atoms with E-state index in [2.05, 4.69) is 55.5 Å². The fraction of sp³-hybridized carbons (Fsp3) is 0.167. The lowest BCUT2D eigenvalue weighted by Crippen LogP contribution is -2.01. The van der Waals surface area contributed by atoms with Gasteiger partial charge >= 0.3 is 0 Å². The lowest BCUT2D eigenvalue weighted by molar-refractivity contribution is 0.790. The van der Waals surface area contributed by atoms with Crippen molar-refractivity contribution < 1.29 is 0 Å². The molecule has 0 aromatic heterocycles. The van der Waals surface area contributed by atoms with Gasteiger partial charge in [0.05, 0.1) is 0 Å². The van der Waals surface area contributed by atoms with Gasteiger partial charge in [-0.1, -0.05) is 104 Å². The maximum Gasteiger partial charge on any atom is 0.0346 e. The largest absolute Gasteiger partial charge is 0.399 e. The van der Waals surface area contributed by atoms with E-state index in [0.29, 0.717) is 0 Å². The summed E-state index contributed by atoms with van der Waals surface area (Å²) >= 11 is 0. The minimum absolute atomic E-state index is 0.832. The van der Waals surface area contributed by atoms with E-state index in [9.17, 15) is 0 Å². The molecule has 0 saturated carbocycles. The average molecular weight is 329 g/mol. The van der Waals surface area contributed by atoms with Crippen LogP contribution in [0.3, 0.4) is 0 Å². The highest BCUT2D eigenvalue weighted by atomic mass is 14.6. The van der Waals surface area contributed by atoms with Gasteiger partial charge in [0.15, 0.2) is 0 Å². The van der Waals surface area contributed by atoms with Gasteiger partial charge in [-0.2, -0.15) is 0 Å². The van der Waals surface area contributed by atoms with Crippen molar-refractivity contribution in [2.45, 2.75) is 26.2 Å². The predicted octanol–water partition coefficient (Wildman–Crippen LogP) is 6.37. The highest BCUT2D eigenvalue weighted by molar-refractivity contribution is 5.53. The molecule has 0 amide bonds. The van der Waals surface area contributed by atoms with Crippen LogP contribution in [0.1, 0.15) is 37.3 Å². The zero-order valence-corrected chi connectivity index (χ0v) is 14.9. The van der Waals surface area contributed by atoms with E-state index in [1.54, 1.807) is 0 Å². The number of benzene rings is 2. The third-order valence-electron chi connectivity index (χ3n) is 3.92. The van der Waals surface area contributed by atoms with Crippen LogP contribution in [0.2, 0.25) is 0 Å². The molecule has 1 nitrogen and oxygen atoms in total. The van der Waals surface area contributed by atoms with Crippen molar-refractivity contribution >= 4 is 12.2 Å². The normalized spacial score (nSPS) is 13.0. The Hall–Kier alpha value is -2.80. The van der Waals surface area contributed by atoms with Crippen LogP contribution in [0.25, 0.3) is 12.2 Å². The number of hydrogen-bond donors (Lipinski definition) is 1. The fourth-order valence-corrected chi connectivity index (χ4v) is 2.46. The summed E-state index contributed by atoms with van der Waals surface area (Å²) in [5.41, 5.74) is 10.7. The second-order valence-electron chi connectivity index (χ2n) is 5.96. The Kier molecular flexibility index (Phi) is 8.07. The van der Waals surface area contributed by atoms with Gasteiger partial charge in [-0.15, -0.1) is 0 Å². The van der Waals surface area contributed by atoms with E-state index in [4.69, 9.17) is 5.73 Å². The van der Waals surface area contributed by atoms with Gasteiger partial charge in [0, 0.05) is 5.70 Å². The molecular weight excluding hydrogens is 302 g/mol. The molecule has 2 aromatic rings. The molecule has 0 aliphatic rings. The number of hydrogen-bond acceptors (Lipinski definition) is 1. The van der Waals surface area contributed by atoms with Crippen LogP contribution in [0, 0.1) is 0 Å². The summed E-state index contributed by atoms with van der Waals surface area (Å²) in [5, 5.41) is 0. The minimum atomic E-state index is 0.832. The molecule has 0 saturated heterocycles. The molecule has 0 heterocycles. The van der Waals surface area contributed by atoms with Gasteiger partial charge < -0.3 is 5.73 Å². The van der Waals surface area contributed by atoms with Gasteiger partial charge in [0.25, 0.3) is 0 Å². The van der Waals surface area contributed by atoms with Crippen molar-refractivity contribution in [3.63, 3.8) is 0 Å². The number of rotatable bonds is 8. The molecule has 0 radical (unpaired) electrons. The summed E-state index contributed by atoms with van der Waals surface area (Å²) in [7, 11) is 0. The summed E-state index contributed by atoms with van der Waals surface area (Å²) in [4.78, 5) is 0. The Morgan fingerprint density at radius 1 is 0.800 bits per heavy atom. The highest BCUT2D eigenvalue weighted by Crippen LogP contribution is 2.15. The Labute approximate surface area is 151 Å². The summed E-state index contributed by atoms with van der Waals surface area (Å²) in [6.45, 7) is 2.20. The van der Waals surface area contributed by atoms with E-state index in [0.717, 1.165) is 25.0 Å². The van der Waals surface area contributed by atoms with Crippen LogP contribution in [-0.4, -0.2) is 0 Å². The third-order valence-corrected chi connectivity index (χ3v) is 3.92. The summed E-state index contributed by atoms with van der Waals surface area (Å²) in [6, 6.07) is 20.6. The van der Waals surface area contributed by atoms with E-state index in [1.165, 1.54) is 16.7 Å². The van der Waals surface area contributed by atoms with Crippen LogP contribution in [-0.2, 0) is 0 Å². The maximum atomic E-state index is 6.31. The number of unbranched alkanes of at least 4 members (excludes halogenated alkanes) is 1. The first-order valence-electron chi connectivity index (χ1n) is 8.91. The Morgan fingerprint density at radius 3 is 1.84 bits per heavy atom. The summed E-state index contributed by atoms with van der Waals surface area (Å²) in [5.74, 6) is 0. The second kappa shape index (κ2) is 10.9. The molecule has 0 atom stereocenters. The quantitative estimate of drug-likeness (QED) is 0.559. The zero-order chi connectivity index (χ0) is 17.7. The van der Waals surface area contributed by atoms with Crippen molar-refractivity contribution in [2.24, 2.45) is 5.73 Å². The van der Waals surface area contributed by atoms with Gasteiger partial charge in [-0.3, -0.25) is 0 Å². The molecule has 25 heavy (non-hydrogen) atoms.